The number of rotatable bonds is 4. The second kappa shape index (κ2) is 5.38. The first kappa shape index (κ1) is 13.5. The van der Waals surface area contributed by atoms with Crippen LogP contribution in [-0.4, -0.2) is 41.6 Å². The van der Waals surface area contributed by atoms with Gasteiger partial charge in [0.25, 0.3) is 5.91 Å². The number of carboxylic acid groups (broad SMARTS) is 1. The van der Waals surface area contributed by atoms with E-state index in [9.17, 15) is 9.59 Å². The van der Waals surface area contributed by atoms with Crippen LogP contribution in [-0.2, 0) is 22.6 Å². The van der Waals surface area contributed by atoms with Crippen LogP contribution in [0.25, 0.3) is 0 Å². The number of methoxy groups -OCH3 is 1. The molecule has 1 unspecified atom stereocenters. The van der Waals surface area contributed by atoms with E-state index >= 15 is 0 Å². The molecule has 1 aromatic rings. The molecule has 2 rings (SSSR count). The Hall–Kier alpha value is -1.92. The summed E-state index contributed by atoms with van der Waals surface area (Å²) in [6.07, 6.45) is -0.645. The van der Waals surface area contributed by atoms with E-state index in [0.29, 0.717) is 13.1 Å². The monoisotopic (exact) mass is 264 g/mol. The largest absolute Gasteiger partial charge is 0.478 e. The van der Waals surface area contributed by atoms with E-state index in [-0.39, 0.29) is 18.0 Å². The van der Waals surface area contributed by atoms with Gasteiger partial charge in [-0.1, -0.05) is 6.07 Å². The van der Waals surface area contributed by atoms with E-state index in [2.05, 4.69) is 0 Å². The topological polar surface area (TPSA) is 92.9 Å². The Kier molecular flexibility index (Phi) is 3.82. The number of aromatic carboxylic acids is 1. The minimum absolute atomic E-state index is 0.128. The molecule has 1 amide bonds. The van der Waals surface area contributed by atoms with Crippen LogP contribution in [0.1, 0.15) is 21.5 Å². The van der Waals surface area contributed by atoms with Gasteiger partial charge in [-0.3, -0.25) is 4.79 Å². The van der Waals surface area contributed by atoms with Gasteiger partial charge in [-0.25, -0.2) is 4.79 Å². The van der Waals surface area contributed by atoms with Crippen LogP contribution in [0, 0.1) is 0 Å². The number of carboxylic acids is 1. The number of hydrogen-bond donors (Lipinski definition) is 2. The van der Waals surface area contributed by atoms with Gasteiger partial charge in [0.05, 0.1) is 5.56 Å². The lowest BCUT2D eigenvalue weighted by Crippen LogP contribution is -2.41. The molecule has 19 heavy (non-hydrogen) atoms. The molecule has 1 aliphatic rings. The van der Waals surface area contributed by atoms with Crippen molar-refractivity contribution < 1.29 is 19.4 Å². The molecule has 0 saturated heterocycles. The number of hydrogen-bond acceptors (Lipinski definition) is 4. The van der Waals surface area contributed by atoms with E-state index in [1.54, 1.807) is 23.1 Å². The summed E-state index contributed by atoms with van der Waals surface area (Å²) in [6, 6.07) is 4.90. The third-order valence-corrected chi connectivity index (χ3v) is 3.26. The second-order valence-corrected chi connectivity index (χ2v) is 4.44. The highest BCUT2D eigenvalue weighted by Gasteiger charge is 2.28. The van der Waals surface area contributed by atoms with Crippen molar-refractivity contribution in [2.75, 3.05) is 13.7 Å². The molecule has 1 aromatic carbocycles. The SMILES string of the molecule is COC(CN)C(=O)N1Cc2ccc(C(=O)O)cc2C1. The molecule has 0 radical (unpaired) electrons. The van der Waals surface area contributed by atoms with Crippen molar-refractivity contribution >= 4 is 11.9 Å². The number of fused-ring (bicyclic) bond motifs is 1. The van der Waals surface area contributed by atoms with Gasteiger partial charge in [0, 0.05) is 26.7 Å². The van der Waals surface area contributed by atoms with E-state index in [1.165, 1.54) is 7.11 Å². The Balaban J connectivity index is 2.16. The molecule has 1 atom stereocenters. The highest BCUT2D eigenvalue weighted by molar-refractivity contribution is 5.88. The van der Waals surface area contributed by atoms with Crippen molar-refractivity contribution in [3.05, 3.63) is 34.9 Å². The molecule has 1 heterocycles. The summed E-state index contributed by atoms with van der Waals surface area (Å²) >= 11 is 0. The van der Waals surface area contributed by atoms with Crippen molar-refractivity contribution in [2.45, 2.75) is 19.2 Å². The van der Waals surface area contributed by atoms with E-state index < -0.39 is 12.1 Å². The molecule has 0 fully saturated rings. The van der Waals surface area contributed by atoms with Crippen molar-refractivity contribution in [2.24, 2.45) is 5.73 Å². The number of benzene rings is 1. The summed E-state index contributed by atoms with van der Waals surface area (Å²) in [7, 11) is 1.45. The third-order valence-electron chi connectivity index (χ3n) is 3.26. The van der Waals surface area contributed by atoms with Gasteiger partial charge >= 0.3 is 5.97 Å². The lowest BCUT2D eigenvalue weighted by molar-refractivity contribution is -0.142. The number of nitrogens with two attached hydrogens (primary N) is 1. The maximum atomic E-state index is 12.1. The third kappa shape index (κ3) is 2.59. The molecule has 1 aliphatic heterocycles. The standard InChI is InChI=1S/C13H16N2O4/c1-19-11(5-14)12(16)15-6-9-3-2-8(13(17)18)4-10(9)7-15/h2-4,11H,5-7,14H2,1H3,(H,17,18). The molecule has 6 nitrogen and oxygen atoms in total. The minimum Gasteiger partial charge on any atom is -0.478 e. The van der Waals surface area contributed by atoms with Crippen LogP contribution in [0.5, 0.6) is 0 Å². The Morgan fingerprint density at radius 2 is 2.11 bits per heavy atom. The number of carbonyl (C=O) groups excluding carboxylic acids is 1. The fourth-order valence-corrected chi connectivity index (χ4v) is 2.18. The fourth-order valence-electron chi connectivity index (χ4n) is 2.18. The lowest BCUT2D eigenvalue weighted by atomic mass is 10.1. The molecule has 0 aliphatic carbocycles. The average molecular weight is 264 g/mol. The summed E-state index contributed by atoms with van der Waals surface area (Å²) in [4.78, 5) is 24.6. The Bertz CT molecular complexity index is 511. The van der Waals surface area contributed by atoms with Crippen LogP contribution in [0.3, 0.4) is 0 Å². The predicted octanol–water partition coefficient (Wildman–Crippen LogP) is 0.201. The van der Waals surface area contributed by atoms with Crippen molar-refractivity contribution in [1.82, 2.24) is 4.90 Å². The molecule has 0 spiro atoms. The summed E-state index contributed by atoms with van der Waals surface area (Å²) in [5.74, 6) is -1.14. The fraction of sp³-hybridized carbons (Fsp3) is 0.385. The highest BCUT2D eigenvalue weighted by atomic mass is 16.5. The Labute approximate surface area is 110 Å². The molecular formula is C13H16N2O4. The summed E-state index contributed by atoms with van der Waals surface area (Å²) in [6.45, 7) is 0.992. The zero-order chi connectivity index (χ0) is 14.0. The van der Waals surface area contributed by atoms with Gasteiger partial charge in [-0.2, -0.15) is 0 Å². The molecule has 6 heteroatoms. The van der Waals surface area contributed by atoms with Gasteiger partial charge in [-0.05, 0) is 23.3 Å². The van der Waals surface area contributed by atoms with E-state index in [1.807, 2.05) is 0 Å². The zero-order valence-electron chi connectivity index (χ0n) is 10.6. The van der Waals surface area contributed by atoms with E-state index in [4.69, 9.17) is 15.6 Å². The molecule has 102 valence electrons. The van der Waals surface area contributed by atoms with Crippen LogP contribution in [0.15, 0.2) is 18.2 Å². The summed E-state index contributed by atoms with van der Waals surface area (Å²) in [5, 5.41) is 8.94. The number of amides is 1. The molecular weight excluding hydrogens is 248 g/mol. The quantitative estimate of drug-likeness (QED) is 0.810. The zero-order valence-corrected chi connectivity index (χ0v) is 10.6. The number of carbonyl (C=O) groups is 2. The predicted molar refractivity (Wildman–Crippen MR) is 67.5 cm³/mol. The molecule has 0 bridgehead atoms. The highest BCUT2D eigenvalue weighted by Crippen LogP contribution is 2.24. The van der Waals surface area contributed by atoms with Crippen LogP contribution in [0.2, 0.25) is 0 Å². The van der Waals surface area contributed by atoms with Crippen molar-refractivity contribution in [3.63, 3.8) is 0 Å². The minimum atomic E-state index is -0.968. The Morgan fingerprint density at radius 1 is 1.42 bits per heavy atom. The van der Waals surface area contributed by atoms with Crippen LogP contribution >= 0.6 is 0 Å². The molecule has 0 aromatic heterocycles. The maximum absolute atomic E-state index is 12.1. The smallest absolute Gasteiger partial charge is 0.335 e. The maximum Gasteiger partial charge on any atom is 0.335 e. The lowest BCUT2D eigenvalue weighted by Gasteiger charge is -2.20. The Morgan fingerprint density at radius 3 is 2.68 bits per heavy atom. The van der Waals surface area contributed by atoms with E-state index in [0.717, 1.165) is 11.1 Å². The molecule has 0 saturated carbocycles. The number of nitrogens with zero attached hydrogens (tertiary/aromatic N) is 1. The van der Waals surface area contributed by atoms with Crippen LogP contribution in [0.4, 0.5) is 0 Å². The normalized spacial score (nSPS) is 15.2. The van der Waals surface area contributed by atoms with Gasteiger partial charge < -0.3 is 20.5 Å². The summed E-state index contributed by atoms with van der Waals surface area (Å²) in [5.41, 5.74) is 7.53. The number of ether oxygens (including phenoxy) is 1. The van der Waals surface area contributed by atoms with Crippen LogP contribution < -0.4 is 5.73 Å². The van der Waals surface area contributed by atoms with Gasteiger partial charge in [-0.15, -0.1) is 0 Å². The second-order valence-electron chi connectivity index (χ2n) is 4.44. The van der Waals surface area contributed by atoms with Crippen molar-refractivity contribution in [3.8, 4) is 0 Å². The van der Waals surface area contributed by atoms with Crippen molar-refractivity contribution in [1.29, 1.82) is 0 Å². The van der Waals surface area contributed by atoms with Gasteiger partial charge in [0.2, 0.25) is 0 Å². The van der Waals surface area contributed by atoms with Gasteiger partial charge in [0.1, 0.15) is 6.10 Å². The average Bonchev–Trinajstić information content (AvgIpc) is 2.82. The van der Waals surface area contributed by atoms with Gasteiger partial charge in [0.15, 0.2) is 0 Å². The first-order valence-electron chi connectivity index (χ1n) is 5.93. The molecule has 3 N–H and O–H groups in total. The first-order chi connectivity index (χ1) is 9.06. The summed E-state index contributed by atoms with van der Waals surface area (Å²) < 4.78 is 5.02. The first-order valence-corrected chi connectivity index (χ1v) is 5.93.